The fourth-order valence-electron chi connectivity index (χ4n) is 1.78. The van der Waals surface area contributed by atoms with Crippen molar-refractivity contribution in [1.29, 1.82) is 0 Å². The van der Waals surface area contributed by atoms with Crippen molar-refractivity contribution >= 4 is 6.08 Å². The maximum absolute atomic E-state index is 2.29. The van der Waals surface area contributed by atoms with E-state index in [9.17, 15) is 0 Å². The molecule has 0 saturated carbocycles. The van der Waals surface area contributed by atoms with Crippen LogP contribution in [0.4, 0.5) is 0 Å². The number of hydrogen-bond acceptors (Lipinski definition) is 0. The molecule has 0 aliphatic rings. The Labute approximate surface area is 106 Å². The lowest BCUT2D eigenvalue weighted by Crippen LogP contribution is -3.17. The average Bonchev–Trinajstić information content (AvgIpc) is 2.34. The molecule has 0 aliphatic heterocycles. The van der Waals surface area contributed by atoms with Gasteiger partial charge in [0.25, 0.3) is 0 Å². The van der Waals surface area contributed by atoms with Gasteiger partial charge < -0.3 is 9.80 Å². The van der Waals surface area contributed by atoms with Gasteiger partial charge in [0.2, 0.25) is 0 Å². The van der Waals surface area contributed by atoms with Crippen LogP contribution in [-0.4, -0.2) is 40.3 Å². The SMILES string of the molecule is CC[NH+](CC=Cc1ccccc1)CC[NH+](C)C. The van der Waals surface area contributed by atoms with Crippen molar-refractivity contribution in [1.82, 2.24) is 0 Å². The summed E-state index contributed by atoms with van der Waals surface area (Å²) in [6.07, 6.45) is 4.51. The van der Waals surface area contributed by atoms with E-state index in [0.717, 1.165) is 6.54 Å². The number of likely N-dealkylation sites (N-methyl/N-ethyl adjacent to an activating group) is 2. The Balaban J connectivity index is 2.34. The van der Waals surface area contributed by atoms with E-state index >= 15 is 0 Å². The van der Waals surface area contributed by atoms with E-state index < -0.39 is 0 Å². The zero-order valence-electron chi connectivity index (χ0n) is 11.4. The van der Waals surface area contributed by atoms with Crippen LogP contribution in [0.15, 0.2) is 36.4 Å². The predicted molar refractivity (Wildman–Crippen MR) is 74.4 cm³/mol. The van der Waals surface area contributed by atoms with Crippen molar-refractivity contribution < 1.29 is 9.80 Å². The van der Waals surface area contributed by atoms with Crippen LogP contribution in [0.2, 0.25) is 0 Å². The lowest BCUT2D eigenvalue weighted by atomic mass is 10.2. The maximum Gasteiger partial charge on any atom is 0.127 e. The first-order valence-electron chi connectivity index (χ1n) is 6.56. The molecule has 1 aromatic carbocycles. The number of hydrogen-bond donors (Lipinski definition) is 2. The normalized spacial score (nSPS) is 13.4. The second-order valence-electron chi connectivity index (χ2n) is 4.83. The first kappa shape index (κ1) is 13.9. The summed E-state index contributed by atoms with van der Waals surface area (Å²) in [7, 11) is 4.43. The Bertz CT molecular complexity index is 317. The van der Waals surface area contributed by atoms with E-state index in [2.05, 4.69) is 63.5 Å². The number of nitrogens with one attached hydrogen (secondary N) is 2. The Morgan fingerprint density at radius 1 is 1.06 bits per heavy atom. The molecule has 1 unspecified atom stereocenters. The molecule has 0 amide bonds. The van der Waals surface area contributed by atoms with Crippen molar-refractivity contribution in [3.8, 4) is 0 Å². The van der Waals surface area contributed by atoms with Crippen molar-refractivity contribution in [2.24, 2.45) is 0 Å². The topological polar surface area (TPSA) is 8.88 Å². The molecule has 0 saturated heterocycles. The minimum absolute atomic E-state index is 1.12. The molecular formula is C15H26N2+2. The van der Waals surface area contributed by atoms with Crippen LogP contribution in [0.5, 0.6) is 0 Å². The van der Waals surface area contributed by atoms with Gasteiger partial charge in [0, 0.05) is 0 Å². The fraction of sp³-hybridized carbons (Fsp3) is 0.467. The Morgan fingerprint density at radius 2 is 1.76 bits per heavy atom. The first-order chi connectivity index (χ1) is 8.22. The molecule has 1 rings (SSSR count). The second-order valence-corrected chi connectivity index (χ2v) is 4.83. The lowest BCUT2D eigenvalue weighted by molar-refractivity contribution is -0.936. The molecule has 0 radical (unpaired) electrons. The van der Waals surface area contributed by atoms with Crippen LogP contribution in [0, 0.1) is 0 Å². The minimum Gasteiger partial charge on any atom is -0.335 e. The van der Waals surface area contributed by atoms with Gasteiger partial charge in [-0.25, -0.2) is 0 Å². The third-order valence-electron chi connectivity index (χ3n) is 2.99. The number of quaternary nitrogens is 2. The molecule has 2 heteroatoms. The summed E-state index contributed by atoms with van der Waals surface area (Å²) in [5.41, 5.74) is 1.29. The highest BCUT2D eigenvalue weighted by Gasteiger charge is 2.05. The van der Waals surface area contributed by atoms with Crippen molar-refractivity contribution in [3.05, 3.63) is 42.0 Å². The van der Waals surface area contributed by atoms with Gasteiger partial charge in [-0.2, -0.15) is 0 Å². The molecule has 1 atom stereocenters. The zero-order valence-corrected chi connectivity index (χ0v) is 11.4. The Kier molecular flexibility index (Phi) is 6.60. The van der Waals surface area contributed by atoms with Crippen LogP contribution >= 0.6 is 0 Å². The quantitative estimate of drug-likeness (QED) is 0.644. The lowest BCUT2D eigenvalue weighted by Gasteiger charge is -2.16. The molecular weight excluding hydrogens is 208 g/mol. The molecule has 94 valence electrons. The van der Waals surface area contributed by atoms with Gasteiger partial charge in [-0.05, 0) is 18.6 Å². The molecule has 0 bridgehead atoms. The molecule has 17 heavy (non-hydrogen) atoms. The van der Waals surface area contributed by atoms with Gasteiger partial charge in [0.15, 0.2) is 0 Å². The minimum atomic E-state index is 1.12. The molecule has 0 aromatic heterocycles. The van der Waals surface area contributed by atoms with E-state index in [4.69, 9.17) is 0 Å². The van der Waals surface area contributed by atoms with Crippen LogP contribution in [0.1, 0.15) is 12.5 Å². The molecule has 2 N–H and O–H groups in total. The smallest absolute Gasteiger partial charge is 0.127 e. The van der Waals surface area contributed by atoms with Crippen LogP contribution < -0.4 is 9.80 Å². The van der Waals surface area contributed by atoms with Crippen molar-refractivity contribution in [2.75, 3.05) is 40.3 Å². The molecule has 0 heterocycles. The Hall–Kier alpha value is -1.12. The van der Waals surface area contributed by atoms with E-state index in [0.29, 0.717) is 0 Å². The van der Waals surface area contributed by atoms with Gasteiger partial charge in [-0.1, -0.05) is 36.4 Å². The predicted octanol–water partition coefficient (Wildman–Crippen LogP) is -0.251. The number of benzene rings is 1. The third kappa shape index (κ3) is 6.25. The highest BCUT2D eigenvalue weighted by Crippen LogP contribution is 1.99. The molecule has 0 aliphatic carbocycles. The summed E-state index contributed by atoms with van der Waals surface area (Å²) < 4.78 is 0. The van der Waals surface area contributed by atoms with E-state index in [1.54, 1.807) is 4.90 Å². The van der Waals surface area contributed by atoms with Gasteiger partial charge in [-0.15, -0.1) is 0 Å². The average molecular weight is 234 g/mol. The highest BCUT2D eigenvalue weighted by molar-refractivity contribution is 5.48. The first-order valence-corrected chi connectivity index (χ1v) is 6.56. The molecule has 0 spiro atoms. The number of rotatable bonds is 7. The maximum atomic E-state index is 2.29. The van der Waals surface area contributed by atoms with E-state index in [1.165, 1.54) is 30.1 Å². The van der Waals surface area contributed by atoms with Crippen LogP contribution in [-0.2, 0) is 0 Å². The van der Waals surface area contributed by atoms with Gasteiger partial charge in [0.05, 0.1) is 27.2 Å². The fourth-order valence-corrected chi connectivity index (χ4v) is 1.78. The van der Waals surface area contributed by atoms with Crippen molar-refractivity contribution in [2.45, 2.75) is 6.92 Å². The highest BCUT2D eigenvalue weighted by atomic mass is 15.2. The van der Waals surface area contributed by atoms with Crippen molar-refractivity contribution in [3.63, 3.8) is 0 Å². The summed E-state index contributed by atoms with van der Waals surface area (Å²) in [5, 5.41) is 0. The third-order valence-corrected chi connectivity index (χ3v) is 2.99. The largest absolute Gasteiger partial charge is 0.335 e. The van der Waals surface area contributed by atoms with Gasteiger partial charge in [-0.3, -0.25) is 0 Å². The standard InChI is InChI=1S/C15H24N2/c1-4-17(14-13-16(2)3)12-8-11-15-9-6-5-7-10-15/h5-11H,4,12-14H2,1-3H3/p+2. The summed E-state index contributed by atoms with van der Waals surface area (Å²) in [6.45, 7) is 7.07. The van der Waals surface area contributed by atoms with Crippen LogP contribution in [0.25, 0.3) is 6.08 Å². The Morgan fingerprint density at radius 3 is 2.35 bits per heavy atom. The monoisotopic (exact) mass is 234 g/mol. The molecule has 0 fully saturated rings. The summed E-state index contributed by atoms with van der Waals surface area (Å²) >= 11 is 0. The second kappa shape index (κ2) is 8.04. The van der Waals surface area contributed by atoms with Crippen LogP contribution in [0.3, 0.4) is 0 Å². The summed E-state index contributed by atoms with van der Waals surface area (Å²) in [4.78, 5) is 3.18. The van der Waals surface area contributed by atoms with Gasteiger partial charge >= 0.3 is 0 Å². The summed E-state index contributed by atoms with van der Waals surface area (Å²) in [6, 6.07) is 10.5. The van der Waals surface area contributed by atoms with E-state index in [1.807, 2.05) is 0 Å². The van der Waals surface area contributed by atoms with E-state index in [-0.39, 0.29) is 0 Å². The molecule has 1 aromatic rings. The molecule has 2 nitrogen and oxygen atoms in total. The van der Waals surface area contributed by atoms with Gasteiger partial charge in [0.1, 0.15) is 13.1 Å². The zero-order chi connectivity index (χ0) is 12.5. The summed E-state index contributed by atoms with van der Waals surface area (Å²) in [5.74, 6) is 0.